The van der Waals surface area contributed by atoms with Crippen LogP contribution in [0.15, 0.2) is 24.3 Å². The van der Waals surface area contributed by atoms with Crippen molar-refractivity contribution in [2.24, 2.45) is 5.41 Å². The zero-order valence-corrected chi connectivity index (χ0v) is 11.7. The summed E-state index contributed by atoms with van der Waals surface area (Å²) in [5, 5.41) is 3.25. The molecule has 19 heavy (non-hydrogen) atoms. The zero-order valence-electron chi connectivity index (χ0n) is 11.7. The maximum absolute atomic E-state index is 12.3. The molecule has 0 aromatic heterocycles. The topological polar surface area (TPSA) is 38.3 Å². The van der Waals surface area contributed by atoms with Crippen LogP contribution in [0, 0.1) is 12.3 Å². The van der Waals surface area contributed by atoms with Gasteiger partial charge in [0.15, 0.2) is 0 Å². The minimum absolute atomic E-state index is 0.00490. The molecule has 1 heterocycles. The van der Waals surface area contributed by atoms with Crippen molar-refractivity contribution in [3.05, 3.63) is 35.4 Å². The van der Waals surface area contributed by atoms with Crippen LogP contribution in [0.5, 0.6) is 0 Å². The first-order chi connectivity index (χ1) is 9.01. The monoisotopic (exact) mass is 259 g/mol. The largest absolute Gasteiger partial charge is 0.379 e. The Bertz CT molecular complexity index is 484. The number of hydrogen-bond donors (Lipinski definition) is 1. The van der Waals surface area contributed by atoms with Gasteiger partial charge in [-0.15, -0.1) is 0 Å². The second-order valence-electron chi connectivity index (χ2n) is 6.45. The third kappa shape index (κ3) is 2.52. The van der Waals surface area contributed by atoms with E-state index < -0.39 is 0 Å². The molecule has 1 saturated carbocycles. The van der Waals surface area contributed by atoms with Crippen LogP contribution in [0.4, 0.5) is 0 Å². The van der Waals surface area contributed by atoms with Gasteiger partial charge in [-0.2, -0.15) is 0 Å². The van der Waals surface area contributed by atoms with Crippen molar-refractivity contribution in [3.8, 4) is 0 Å². The van der Waals surface area contributed by atoms with E-state index in [1.54, 1.807) is 0 Å². The first-order valence-corrected chi connectivity index (χ1v) is 6.97. The average Bonchev–Trinajstić information content (AvgIpc) is 3.09. The van der Waals surface area contributed by atoms with E-state index in [1.807, 2.05) is 6.92 Å². The molecular weight excluding hydrogens is 238 g/mol. The van der Waals surface area contributed by atoms with E-state index in [0.717, 1.165) is 19.3 Å². The van der Waals surface area contributed by atoms with Crippen LogP contribution < -0.4 is 5.32 Å². The SMILES string of the molecule is Cc1ccc(CC2(NC(=O)C3(C)COC3)CC2)cc1. The minimum Gasteiger partial charge on any atom is -0.379 e. The molecule has 0 bridgehead atoms. The van der Waals surface area contributed by atoms with E-state index in [4.69, 9.17) is 4.74 Å². The Morgan fingerprint density at radius 1 is 1.26 bits per heavy atom. The number of nitrogens with one attached hydrogen (secondary N) is 1. The molecule has 2 aliphatic rings. The van der Waals surface area contributed by atoms with Gasteiger partial charge < -0.3 is 10.1 Å². The lowest BCUT2D eigenvalue weighted by Gasteiger charge is -2.37. The fourth-order valence-corrected chi connectivity index (χ4v) is 2.52. The van der Waals surface area contributed by atoms with Crippen LogP contribution in [0.1, 0.15) is 30.9 Å². The van der Waals surface area contributed by atoms with Crippen LogP contribution in [-0.2, 0) is 16.0 Å². The molecule has 1 N–H and O–H groups in total. The number of hydrogen-bond acceptors (Lipinski definition) is 2. The molecule has 1 saturated heterocycles. The van der Waals surface area contributed by atoms with Crippen molar-refractivity contribution in [3.63, 3.8) is 0 Å². The Morgan fingerprint density at radius 2 is 1.89 bits per heavy atom. The lowest BCUT2D eigenvalue weighted by atomic mass is 9.87. The van der Waals surface area contributed by atoms with Crippen molar-refractivity contribution in [2.45, 2.75) is 38.6 Å². The summed E-state index contributed by atoms with van der Waals surface area (Å²) in [6.07, 6.45) is 3.11. The molecule has 0 radical (unpaired) electrons. The van der Waals surface area contributed by atoms with E-state index in [2.05, 4.69) is 36.5 Å². The summed E-state index contributed by atoms with van der Waals surface area (Å²) < 4.78 is 5.16. The highest BCUT2D eigenvalue weighted by Gasteiger charge is 2.49. The van der Waals surface area contributed by atoms with E-state index in [9.17, 15) is 4.79 Å². The molecule has 1 aromatic rings. The third-order valence-corrected chi connectivity index (χ3v) is 4.28. The highest BCUT2D eigenvalue weighted by atomic mass is 16.5. The van der Waals surface area contributed by atoms with E-state index in [1.165, 1.54) is 11.1 Å². The lowest BCUT2D eigenvalue weighted by Crippen LogP contribution is -2.55. The summed E-state index contributed by atoms with van der Waals surface area (Å²) in [5.41, 5.74) is 2.28. The molecule has 3 rings (SSSR count). The molecule has 1 amide bonds. The maximum Gasteiger partial charge on any atom is 0.231 e. The molecule has 1 aliphatic carbocycles. The highest BCUT2D eigenvalue weighted by molar-refractivity contribution is 5.84. The normalized spacial score (nSPS) is 22.4. The fraction of sp³-hybridized carbons (Fsp3) is 0.562. The summed E-state index contributed by atoms with van der Waals surface area (Å²) in [4.78, 5) is 12.3. The Labute approximate surface area is 114 Å². The van der Waals surface area contributed by atoms with Crippen molar-refractivity contribution in [1.82, 2.24) is 5.32 Å². The Kier molecular flexibility index (Phi) is 2.90. The predicted molar refractivity (Wildman–Crippen MR) is 73.9 cm³/mol. The van der Waals surface area contributed by atoms with Crippen LogP contribution >= 0.6 is 0 Å². The van der Waals surface area contributed by atoms with Gasteiger partial charge >= 0.3 is 0 Å². The van der Waals surface area contributed by atoms with Crippen LogP contribution in [0.3, 0.4) is 0 Å². The highest BCUT2D eigenvalue weighted by Crippen LogP contribution is 2.40. The number of benzene rings is 1. The summed E-state index contributed by atoms with van der Waals surface area (Å²) in [6.45, 7) is 5.18. The van der Waals surface area contributed by atoms with Crippen LogP contribution in [-0.4, -0.2) is 24.7 Å². The molecule has 0 unspecified atom stereocenters. The van der Waals surface area contributed by atoms with E-state index in [-0.39, 0.29) is 16.9 Å². The summed E-state index contributed by atoms with van der Waals surface area (Å²) in [6, 6.07) is 8.59. The van der Waals surface area contributed by atoms with Gasteiger partial charge in [-0.25, -0.2) is 0 Å². The maximum atomic E-state index is 12.3. The quantitative estimate of drug-likeness (QED) is 0.900. The smallest absolute Gasteiger partial charge is 0.231 e. The van der Waals surface area contributed by atoms with Crippen LogP contribution in [0.2, 0.25) is 0 Å². The Balaban J connectivity index is 1.64. The molecule has 0 spiro atoms. The molecule has 3 heteroatoms. The summed E-state index contributed by atoms with van der Waals surface area (Å²) >= 11 is 0. The fourth-order valence-electron chi connectivity index (χ4n) is 2.52. The van der Waals surface area contributed by atoms with E-state index >= 15 is 0 Å². The number of carbonyl (C=O) groups is 1. The lowest BCUT2D eigenvalue weighted by molar-refractivity contribution is -0.158. The van der Waals surface area contributed by atoms with Crippen molar-refractivity contribution in [1.29, 1.82) is 0 Å². The number of aryl methyl sites for hydroxylation is 1. The standard InChI is InChI=1S/C16H21NO2/c1-12-3-5-13(6-4-12)9-16(7-8-16)17-14(18)15(2)10-19-11-15/h3-6H,7-11H2,1-2H3,(H,17,18). The Hall–Kier alpha value is -1.35. The molecule has 102 valence electrons. The van der Waals surface area contributed by atoms with Gasteiger partial charge in [0.2, 0.25) is 5.91 Å². The Morgan fingerprint density at radius 3 is 2.37 bits per heavy atom. The van der Waals surface area contributed by atoms with Gasteiger partial charge in [0, 0.05) is 5.54 Å². The van der Waals surface area contributed by atoms with Crippen molar-refractivity contribution >= 4 is 5.91 Å². The van der Waals surface area contributed by atoms with Gasteiger partial charge in [-0.1, -0.05) is 29.8 Å². The first kappa shape index (κ1) is 12.7. The van der Waals surface area contributed by atoms with Crippen molar-refractivity contribution < 1.29 is 9.53 Å². The number of carbonyl (C=O) groups excluding carboxylic acids is 1. The van der Waals surface area contributed by atoms with Crippen molar-refractivity contribution in [2.75, 3.05) is 13.2 Å². The number of rotatable bonds is 4. The van der Waals surface area contributed by atoms with Gasteiger partial charge in [-0.05, 0) is 38.7 Å². The second kappa shape index (κ2) is 4.34. The number of ether oxygens (including phenoxy) is 1. The molecule has 1 aromatic carbocycles. The zero-order chi connectivity index (χ0) is 13.5. The molecule has 2 fully saturated rings. The van der Waals surface area contributed by atoms with Gasteiger partial charge in [0.05, 0.1) is 18.6 Å². The van der Waals surface area contributed by atoms with Gasteiger partial charge in [0.1, 0.15) is 0 Å². The van der Waals surface area contributed by atoms with Gasteiger partial charge in [-0.3, -0.25) is 4.79 Å². The van der Waals surface area contributed by atoms with Gasteiger partial charge in [0.25, 0.3) is 0 Å². The summed E-state index contributed by atoms with van der Waals surface area (Å²) in [5.74, 6) is 0.156. The number of amides is 1. The molecular formula is C16H21NO2. The second-order valence-corrected chi connectivity index (χ2v) is 6.45. The molecule has 1 aliphatic heterocycles. The van der Waals surface area contributed by atoms with E-state index in [0.29, 0.717) is 13.2 Å². The molecule has 3 nitrogen and oxygen atoms in total. The third-order valence-electron chi connectivity index (χ3n) is 4.28. The minimum atomic E-state index is -0.303. The first-order valence-electron chi connectivity index (χ1n) is 6.97. The summed E-state index contributed by atoms with van der Waals surface area (Å²) in [7, 11) is 0. The average molecular weight is 259 g/mol. The predicted octanol–water partition coefficient (Wildman–Crippen LogP) is 2.22. The van der Waals surface area contributed by atoms with Crippen LogP contribution in [0.25, 0.3) is 0 Å². The molecule has 0 atom stereocenters.